The van der Waals surface area contributed by atoms with Crippen molar-refractivity contribution < 1.29 is 4.74 Å². The lowest BCUT2D eigenvalue weighted by molar-refractivity contribution is 0.483. The zero-order chi connectivity index (χ0) is 12.1. The van der Waals surface area contributed by atoms with E-state index in [0.717, 1.165) is 22.9 Å². The predicted octanol–water partition coefficient (Wildman–Crippen LogP) is 4.28. The number of ether oxygens (including phenoxy) is 1. The van der Waals surface area contributed by atoms with Crippen molar-refractivity contribution >= 4 is 34.2 Å². The fourth-order valence-corrected chi connectivity index (χ4v) is 1.77. The van der Waals surface area contributed by atoms with Crippen LogP contribution in [0.2, 0.25) is 0 Å². The standard InChI is InChI=1S/C13H13IN2O/c1-15-10-2-6-12(7-3-10)17-13-8-4-11(16-14)5-9-13/h2-9,15-16H,1H3. The minimum Gasteiger partial charge on any atom is -0.457 e. The number of anilines is 2. The minimum atomic E-state index is 0.831. The van der Waals surface area contributed by atoms with Gasteiger partial charge in [-0.3, -0.25) is 0 Å². The van der Waals surface area contributed by atoms with Crippen LogP contribution in [0.25, 0.3) is 0 Å². The molecule has 4 heteroatoms. The van der Waals surface area contributed by atoms with E-state index in [1.54, 1.807) is 0 Å². The first-order valence-corrected chi connectivity index (χ1v) is 6.32. The monoisotopic (exact) mass is 340 g/mol. The molecule has 3 nitrogen and oxygen atoms in total. The van der Waals surface area contributed by atoms with Crippen LogP contribution in [0.1, 0.15) is 0 Å². The van der Waals surface area contributed by atoms with E-state index < -0.39 is 0 Å². The Hall–Kier alpha value is -1.43. The largest absolute Gasteiger partial charge is 0.457 e. The molecule has 0 unspecified atom stereocenters. The molecule has 2 rings (SSSR count). The summed E-state index contributed by atoms with van der Waals surface area (Å²) in [6, 6.07) is 15.7. The number of nitrogens with one attached hydrogen (secondary N) is 2. The first kappa shape index (κ1) is 12.0. The summed E-state index contributed by atoms with van der Waals surface area (Å²) in [5, 5.41) is 3.07. The molecule has 0 radical (unpaired) electrons. The maximum Gasteiger partial charge on any atom is 0.127 e. The van der Waals surface area contributed by atoms with Gasteiger partial charge in [0, 0.05) is 18.4 Å². The van der Waals surface area contributed by atoms with Crippen molar-refractivity contribution in [1.29, 1.82) is 0 Å². The van der Waals surface area contributed by atoms with Gasteiger partial charge in [0.05, 0.1) is 22.9 Å². The molecular weight excluding hydrogens is 327 g/mol. The summed E-state index contributed by atoms with van der Waals surface area (Å²) in [6.07, 6.45) is 0. The molecule has 0 bridgehead atoms. The van der Waals surface area contributed by atoms with Gasteiger partial charge in [-0.05, 0) is 48.5 Å². The molecule has 0 saturated carbocycles. The molecule has 2 N–H and O–H groups in total. The van der Waals surface area contributed by atoms with Gasteiger partial charge in [0.15, 0.2) is 0 Å². The molecule has 17 heavy (non-hydrogen) atoms. The Morgan fingerprint density at radius 1 is 0.824 bits per heavy atom. The zero-order valence-electron chi connectivity index (χ0n) is 9.41. The van der Waals surface area contributed by atoms with Crippen LogP contribution in [0.3, 0.4) is 0 Å². The lowest BCUT2D eigenvalue weighted by atomic mass is 10.3. The summed E-state index contributed by atoms with van der Waals surface area (Å²) in [7, 11) is 1.89. The van der Waals surface area contributed by atoms with Gasteiger partial charge in [0.2, 0.25) is 0 Å². The maximum atomic E-state index is 5.72. The summed E-state index contributed by atoms with van der Waals surface area (Å²) >= 11 is 2.10. The second-order valence-electron chi connectivity index (χ2n) is 3.50. The van der Waals surface area contributed by atoms with Crippen molar-refractivity contribution in [2.75, 3.05) is 15.9 Å². The summed E-state index contributed by atoms with van der Waals surface area (Å²) < 4.78 is 8.76. The highest BCUT2D eigenvalue weighted by Gasteiger charge is 1.97. The van der Waals surface area contributed by atoms with Gasteiger partial charge >= 0.3 is 0 Å². The Kier molecular flexibility index (Phi) is 4.08. The fraction of sp³-hybridized carbons (Fsp3) is 0.0769. The van der Waals surface area contributed by atoms with Crippen LogP contribution in [0.15, 0.2) is 48.5 Å². The molecule has 88 valence electrons. The van der Waals surface area contributed by atoms with Crippen LogP contribution < -0.4 is 13.6 Å². The molecule has 0 fully saturated rings. The topological polar surface area (TPSA) is 33.3 Å². The van der Waals surface area contributed by atoms with Gasteiger partial charge in [-0.1, -0.05) is 0 Å². The Morgan fingerprint density at radius 2 is 1.29 bits per heavy atom. The van der Waals surface area contributed by atoms with Gasteiger partial charge in [0.25, 0.3) is 0 Å². The number of halogens is 1. The molecule has 0 aliphatic rings. The highest BCUT2D eigenvalue weighted by atomic mass is 127. The van der Waals surface area contributed by atoms with E-state index >= 15 is 0 Å². The van der Waals surface area contributed by atoms with Crippen molar-refractivity contribution in [2.45, 2.75) is 0 Å². The van der Waals surface area contributed by atoms with Gasteiger partial charge in [0.1, 0.15) is 11.5 Å². The van der Waals surface area contributed by atoms with E-state index in [2.05, 4.69) is 31.7 Å². The predicted molar refractivity (Wildman–Crippen MR) is 80.1 cm³/mol. The molecule has 2 aromatic rings. The summed E-state index contributed by atoms with van der Waals surface area (Å²) in [6.45, 7) is 0. The van der Waals surface area contributed by atoms with Gasteiger partial charge in [-0.25, -0.2) is 0 Å². The number of hydrogen-bond acceptors (Lipinski definition) is 3. The average Bonchev–Trinajstić information content (AvgIpc) is 2.40. The van der Waals surface area contributed by atoms with E-state index in [0.29, 0.717) is 0 Å². The third kappa shape index (κ3) is 3.26. The SMILES string of the molecule is CNc1ccc(Oc2ccc(NI)cc2)cc1. The molecule has 2 aromatic carbocycles. The number of rotatable bonds is 4. The van der Waals surface area contributed by atoms with Crippen LogP contribution in [0.4, 0.5) is 11.4 Å². The van der Waals surface area contributed by atoms with Crippen molar-refractivity contribution in [3.63, 3.8) is 0 Å². The van der Waals surface area contributed by atoms with Crippen LogP contribution in [0, 0.1) is 0 Å². The highest BCUT2D eigenvalue weighted by molar-refractivity contribution is 14.1. The average molecular weight is 340 g/mol. The third-order valence-corrected chi connectivity index (χ3v) is 2.96. The lowest BCUT2D eigenvalue weighted by Crippen LogP contribution is -1.88. The minimum absolute atomic E-state index is 0.831. The fourth-order valence-electron chi connectivity index (χ4n) is 1.41. The van der Waals surface area contributed by atoms with Gasteiger partial charge in [-0.2, -0.15) is 0 Å². The molecule has 0 aromatic heterocycles. The molecule has 0 atom stereocenters. The Labute approximate surface area is 115 Å². The van der Waals surface area contributed by atoms with E-state index in [1.807, 2.05) is 55.6 Å². The van der Waals surface area contributed by atoms with Gasteiger partial charge < -0.3 is 13.6 Å². The Balaban J connectivity index is 2.08. The van der Waals surface area contributed by atoms with Crippen molar-refractivity contribution in [3.05, 3.63) is 48.5 Å². The third-order valence-electron chi connectivity index (χ3n) is 2.34. The quantitative estimate of drug-likeness (QED) is 0.644. The van der Waals surface area contributed by atoms with Crippen LogP contribution in [-0.4, -0.2) is 7.05 Å². The van der Waals surface area contributed by atoms with Crippen molar-refractivity contribution in [2.24, 2.45) is 0 Å². The van der Waals surface area contributed by atoms with E-state index in [4.69, 9.17) is 4.74 Å². The highest BCUT2D eigenvalue weighted by Crippen LogP contribution is 2.24. The molecule has 0 aliphatic carbocycles. The smallest absolute Gasteiger partial charge is 0.127 e. The number of benzene rings is 2. The summed E-state index contributed by atoms with van der Waals surface area (Å²) in [4.78, 5) is 0. The Bertz CT molecular complexity index is 422. The summed E-state index contributed by atoms with van der Waals surface area (Å²) in [5.74, 6) is 1.66. The lowest BCUT2D eigenvalue weighted by Gasteiger charge is -2.07. The first-order valence-electron chi connectivity index (χ1n) is 5.24. The second-order valence-corrected chi connectivity index (χ2v) is 4.03. The molecule has 0 aliphatic heterocycles. The van der Waals surface area contributed by atoms with E-state index in [9.17, 15) is 0 Å². The van der Waals surface area contributed by atoms with Crippen LogP contribution in [-0.2, 0) is 0 Å². The maximum absolute atomic E-state index is 5.72. The molecule has 0 heterocycles. The molecule has 0 amide bonds. The summed E-state index contributed by atoms with van der Waals surface area (Å²) in [5.41, 5.74) is 2.13. The van der Waals surface area contributed by atoms with E-state index in [-0.39, 0.29) is 0 Å². The molecule has 0 saturated heterocycles. The normalized spacial score (nSPS) is 9.76. The Morgan fingerprint density at radius 3 is 1.71 bits per heavy atom. The zero-order valence-corrected chi connectivity index (χ0v) is 11.6. The second kappa shape index (κ2) is 5.77. The van der Waals surface area contributed by atoms with Crippen molar-refractivity contribution in [3.8, 4) is 11.5 Å². The molecule has 0 spiro atoms. The van der Waals surface area contributed by atoms with Crippen LogP contribution >= 0.6 is 22.9 Å². The van der Waals surface area contributed by atoms with Crippen molar-refractivity contribution in [1.82, 2.24) is 0 Å². The number of hydrogen-bond donors (Lipinski definition) is 2. The van der Waals surface area contributed by atoms with Crippen LogP contribution in [0.5, 0.6) is 11.5 Å². The van der Waals surface area contributed by atoms with E-state index in [1.165, 1.54) is 0 Å². The molecular formula is C13H13IN2O. The first-order chi connectivity index (χ1) is 8.31. The van der Waals surface area contributed by atoms with Gasteiger partial charge in [-0.15, -0.1) is 0 Å².